The molecule has 0 radical (unpaired) electrons. The topological polar surface area (TPSA) is 51.6 Å². The van der Waals surface area contributed by atoms with Crippen LogP contribution in [0.15, 0.2) is 66.7 Å². The Kier molecular flexibility index (Phi) is 4.68. The second kappa shape index (κ2) is 6.43. The van der Waals surface area contributed by atoms with Gasteiger partial charge in [0.05, 0.1) is 0 Å². The molecule has 0 saturated heterocycles. The minimum Gasteiger partial charge on any atom is -0.399 e. The Morgan fingerprint density at radius 2 is 1.41 bits per heavy atom. The van der Waals surface area contributed by atoms with E-state index in [9.17, 15) is 25.2 Å². The molecule has 1 heterocycles. The first kappa shape index (κ1) is 21.1. The van der Waals surface area contributed by atoms with Gasteiger partial charge in [-0.2, -0.15) is 0 Å². The van der Waals surface area contributed by atoms with Crippen LogP contribution < -0.4 is 16.5 Å². The molecule has 4 rings (SSSR count). The van der Waals surface area contributed by atoms with Crippen LogP contribution in [-0.4, -0.2) is 0 Å². The van der Waals surface area contributed by atoms with Crippen molar-refractivity contribution < 1.29 is 30.6 Å². The zero-order chi connectivity index (χ0) is 21.5. The van der Waals surface area contributed by atoms with Crippen LogP contribution in [0.3, 0.4) is 0 Å². The number of hydrogen-bond acceptors (Lipinski definition) is 2. The molecule has 2 aromatic rings. The first-order chi connectivity index (χ1) is 13.2. The Bertz CT molecular complexity index is 1210. The zero-order valence-electron chi connectivity index (χ0n) is 14.6. The van der Waals surface area contributed by atoms with Gasteiger partial charge in [0.2, 0.25) is 0 Å². The zero-order valence-corrected chi connectivity index (χ0v) is 16.3. The second-order valence-electron chi connectivity index (χ2n) is 6.31. The summed E-state index contributed by atoms with van der Waals surface area (Å²) in [5, 5.41) is 7.98. The van der Waals surface area contributed by atoms with Gasteiger partial charge in [0.25, 0.3) is 0 Å². The maximum atomic E-state index is 9.87. The predicted molar refractivity (Wildman–Crippen MR) is 107 cm³/mol. The molecule has 0 amide bonds. The van der Waals surface area contributed by atoms with E-state index in [2.05, 4.69) is 36.4 Å². The smallest absolute Gasteiger partial charge is 0.198 e. The average molecular weight is 448 g/mol. The monoisotopic (exact) mass is 448 g/mol. The molecule has 0 bridgehead atoms. The predicted octanol–water partition coefficient (Wildman–Crippen LogP) is 6.30. The minimum atomic E-state index is -10.7. The molecule has 0 atom stereocenters. The van der Waals surface area contributed by atoms with Gasteiger partial charge in [-0.05, 0) is 29.3 Å². The molecule has 0 spiro atoms. The third-order valence-corrected chi connectivity index (χ3v) is 4.95. The van der Waals surface area contributed by atoms with Crippen LogP contribution in [0.25, 0.3) is 31.7 Å². The van der Waals surface area contributed by atoms with Crippen molar-refractivity contribution >= 4 is 34.9 Å². The third kappa shape index (κ3) is 6.17. The Labute approximate surface area is 165 Å². The molecule has 0 unspecified atom stereocenters. The fourth-order valence-electron chi connectivity index (χ4n) is 2.84. The van der Waals surface area contributed by atoms with Gasteiger partial charge in [0, 0.05) is 38.3 Å². The molecule has 1 aliphatic heterocycles. The van der Waals surface area contributed by atoms with E-state index in [0.717, 1.165) is 11.0 Å². The van der Waals surface area contributed by atoms with Crippen LogP contribution in [0.4, 0.5) is 30.9 Å². The van der Waals surface area contributed by atoms with E-state index in [1.807, 2.05) is 30.3 Å². The summed E-state index contributed by atoms with van der Waals surface area (Å²) in [7, 11) is -10.7. The van der Waals surface area contributed by atoms with E-state index in [0.29, 0.717) is 0 Å². The molecule has 154 valence electrons. The van der Waals surface area contributed by atoms with Gasteiger partial charge in [0.1, 0.15) is 0 Å². The molecule has 2 nitrogen and oxygen atoms in total. The van der Waals surface area contributed by atoms with Crippen LogP contribution >= 0.6 is 19.1 Å². The van der Waals surface area contributed by atoms with E-state index in [4.69, 9.17) is 11.1 Å². The third-order valence-electron chi connectivity index (χ3n) is 3.83. The van der Waals surface area contributed by atoms with Crippen LogP contribution in [-0.2, 0) is 0 Å². The first-order valence-corrected chi connectivity index (χ1v) is 11.0. The quantitative estimate of drug-likeness (QED) is 0.153. The van der Waals surface area contributed by atoms with Gasteiger partial charge in [-0.3, -0.25) is 5.41 Å². The van der Waals surface area contributed by atoms with Gasteiger partial charge in [-0.15, -0.1) is 11.3 Å². The molecule has 29 heavy (non-hydrogen) atoms. The summed E-state index contributed by atoms with van der Waals surface area (Å²) in [6, 6.07) is 22.7. The largest absolute Gasteiger partial charge is 0.399 e. The van der Waals surface area contributed by atoms with Crippen molar-refractivity contribution in [3.8, 4) is 21.6 Å². The first-order valence-electron chi connectivity index (χ1n) is 8.14. The normalized spacial score (nSPS) is 14.0. The van der Waals surface area contributed by atoms with Crippen molar-refractivity contribution in [1.29, 1.82) is 0 Å². The maximum Gasteiger partial charge on any atom is 0.198 e. The summed E-state index contributed by atoms with van der Waals surface area (Å²) in [5.41, 5.74) is 10.4. The van der Waals surface area contributed by atoms with Crippen LogP contribution in [0.2, 0.25) is 0 Å². The summed E-state index contributed by atoms with van der Waals surface area (Å²) in [4.78, 5) is 1.18. The van der Waals surface area contributed by atoms with Crippen LogP contribution in [0, 0.1) is 0 Å². The number of hydrogen-bond donors (Lipinski definition) is 2. The number of halogens is 6. The van der Waals surface area contributed by atoms with Gasteiger partial charge < -0.3 is 5.73 Å². The second-order valence-corrected chi connectivity index (χ2v) is 9.31. The molecule has 2 aromatic carbocycles. The average Bonchev–Trinajstić information content (AvgIpc) is 2.57. The minimum absolute atomic E-state index is 0.783. The number of fused-ring (bicyclic) bond motifs is 2. The number of benzene rings is 3. The summed E-state index contributed by atoms with van der Waals surface area (Å²) < 4.78 is 60.4. The van der Waals surface area contributed by atoms with Gasteiger partial charge in [-0.1, -0.05) is 36.4 Å². The Morgan fingerprint density at radius 3 is 2.03 bits per heavy atom. The van der Waals surface area contributed by atoms with E-state index < -0.39 is 7.81 Å². The summed E-state index contributed by atoms with van der Waals surface area (Å²) >= 11 is 1.73. The molecule has 0 aromatic heterocycles. The van der Waals surface area contributed by atoms with E-state index in [1.54, 1.807) is 11.3 Å². The van der Waals surface area contributed by atoms with Crippen molar-refractivity contribution in [2.24, 2.45) is 0 Å². The van der Waals surface area contributed by atoms with Crippen molar-refractivity contribution in [2.75, 3.05) is 5.73 Å². The van der Waals surface area contributed by atoms with Crippen molar-refractivity contribution in [1.82, 2.24) is 0 Å². The number of anilines is 1. The standard InChI is InChI=1S/C19H14N2S.F6P/c20-13-6-8-15-17(10-13)22-18-11-14(21)7-9-16(18)19(15)12-4-2-1-3-5-12;1-7(2,3,4,5)6/h1-11,20H,21H2;/q;-1/p+1. The Morgan fingerprint density at radius 1 is 0.793 bits per heavy atom. The Balaban J connectivity index is 0.000000298. The molecule has 0 saturated carbocycles. The molecule has 0 fully saturated rings. The van der Waals surface area contributed by atoms with Crippen molar-refractivity contribution in [3.63, 3.8) is 0 Å². The molecular formula is C19H15F6N2PS. The summed E-state index contributed by atoms with van der Waals surface area (Å²) in [5.74, 6) is 0. The number of nitrogen functional groups attached to an aromatic ring is 1. The number of nitrogens with two attached hydrogens (primary N) is 2. The van der Waals surface area contributed by atoms with Crippen molar-refractivity contribution in [3.05, 3.63) is 72.1 Å². The SMILES string of the molecule is F[P-](F)(F)(F)(F)F.Nc1ccc2c(-c3ccccc3)c3ccc(=[NH2+])cc-3sc2c1. The molecule has 10 heteroatoms. The van der Waals surface area contributed by atoms with Crippen LogP contribution in [0.5, 0.6) is 0 Å². The molecular weight excluding hydrogens is 433 g/mol. The molecule has 1 aliphatic carbocycles. The number of rotatable bonds is 1. The summed E-state index contributed by atoms with van der Waals surface area (Å²) in [6.07, 6.45) is 0. The van der Waals surface area contributed by atoms with E-state index in [-0.39, 0.29) is 0 Å². The molecule has 4 N–H and O–H groups in total. The van der Waals surface area contributed by atoms with Gasteiger partial charge in [-0.25, -0.2) is 0 Å². The van der Waals surface area contributed by atoms with Crippen molar-refractivity contribution in [2.45, 2.75) is 0 Å². The molecule has 2 aliphatic rings. The van der Waals surface area contributed by atoms with E-state index in [1.165, 1.54) is 31.7 Å². The van der Waals surface area contributed by atoms with Gasteiger partial charge >= 0.3 is 33.0 Å². The maximum absolute atomic E-state index is 10.7. The fourth-order valence-corrected chi connectivity index (χ4v) is 4.03. The Hall–Kier alpha value is -2.64. The summed E-state index contributed by atoms with van der Waals surface area (Å²) in [6.45, 7) is 0. The van der Waals surface area contributed by atoms with E-state index >= 15 is 0 Å². The fraction of sp³-hybridized carbons (Fsp3) is 0. The van der Waals surface area contributed by atoms with Crippen LogP contribution in [0.1, 0.15) is 0 Å². The van der Waals surface area contributed by atoms with Gasteiger partial charge in [0.15, 0.2) is 5.36 Å².